The maximum Gasteiger partial charge on any atom is 0.303 e. The van der Waals surface area contributed by atoms with Crippen LogP contribution in [0.25, 0.3) is 0 Å². The maximum atomic E-state index is 11.9. The van der Waals surface area contributed by atoms with E-state index in [0.717, 1.165) is 5.56 Å². The minimum atomic E-state index is -0.566. The zero-order valence-electron chi connectivity index (χ0n) is 15.1. The Morgan fingerprint density at radius 1 is 1.37 bits per heavy atom. The largest absolute Gasteiger partial charge is 0.459 e. The first-order chi connectivity index (χ1) is 12.9. The highest BCUT2D eigenvalue weighted by atomic mass is 35.5. The first kappa shape index (κ1) is 20.1. The Bertz CT molecular complexity index is 779. The van der Waals surface area contributed by atoms with Gasteiger partial charge in [-0.25, -0.2) is 9.67 Å². The quantitative estimate of drug-likeness (QED) is 0.676. The molecule has 27 heavy (non-hydrogen) atoms. The molecule has 1 aliphatic rings. The molecular weight excluding hydrogens is 393 g/mol. The van der Waals surface area contributed by atoms with E-state index in [9.17, 15) is 4.79 Å². The first-order valence-electron chi connectivity index (χ1n) is 8.50. The first-order valence-corrected chi connectivity index (χ1v) is 9.25. The molecule has 2 aromatic rings. The summed E-state index contributed by atoms with van der Waals surface area (Å²) in [7, 11) is 0. The van der Waals surface area contributed by atoms with Crippen molar-refractivity contribution in [1.82, 2.24) is 14.8 Å². The summed E-state index contributed by atoms with van der Waals surface area (Å²) in [5, 5.41) is 5.37. The number of rotatable bonds is 6. The molecule has 1 saturated heterocycles. The molecular formula is C18H21Cl2N3O4. The Hall–Kier alpha value is -1.67. The van der Waals surface area contributed by atoms with Crippen molar-refractivity contribution in [2.24, 2.45) is 5.41 Å². The molecule has 1 fully saturated rings. The van der Waals surface area contributed by atoms with Gasteiger partial charge in [-0.05, 0) is 17.7 Å². The molecule has 0 radical (unpaired) electrons. The second-order valence-electron chi connectivity index (χ2n) is 6.88. The molecule has 146 valence electrons. The third-order valence-electron chi connectivity index (χ3n) is 4.58. The van der Waals surface area contributed by atoms with E-state index < -0.39 is 11.5 Å². The Balaban J connectivity index is 1.99. The number of esters is 1. The van der Waals surface area contributed by atoms with Crippen molar-refractivity contribution in [3.05, 3.63) is 46.5 Å². The molecule has 0 saturated carbocycles. The molecule has 2 heterocycles. The summed E-state index contributed by atoms with van der Waals surface area (Å²) in [4.78, 5) is 15.9. The van der Waals surface area contributed by atoms with Crippen molar-refractivity contribution in [3.8, 4) is 0 Å². The van der Waals surface area contributed by atoms with E-state index in [2.05, 4.69) is 10.1 Å². The number of carbonyl (C=O) groups excluding carboxylic acids is 1. The van der Waals surface area contributed by atoms with Crippen molar-refractivity contribution in [2.75, 3.05) is 20.0 Å². The van der Waals surface area contributed by atoms with Crippen LogP contribution in [0.1, 0.15) is 25.5 Å². The predicted molar refractivity (Wildman–Crippen MR) is 99.7 cm³/mol. The van der Waals surface area contributed by atoms with Gasteiger partial charge in [0.05, 0.1) is 24.7 Å². The Morgan fingerprint density at radius 3 is 2.70 bits per heavy atom. The molecule has 0 bridgehead atoms. The summed E-state index contributed by atoms with van der Waals surface area (Å²) >= 11 is 12.4. The lowest BCUT2D eigenvalue weighted by Gasteiger charge is -2.42. The van der Waals surface area contributed by atoms with E-state index in [1.165, 1.54) is 13.3 Å². The molecule has 2 unspecified atom stereocenters. The number of hydrogen-bond donors (Lipinski definition) is 0. The van der Waals surface area contributed by atoms with Crippen molar-refractivity contribution < 1.29 is 19.0 Å². The molecule has 1 aromatic heterocycles. The van der Waals surface area contributed by atoms with E-state index in [-0.39, 0.29) is 18.8 Å². The monoisotopic (exact) mass is 413 g/mol. The van der Waals surface area contributed by atoms with Crippen LogP contribution in [0.15, 0.2) is 30.9 Å². The highest BCUT2D eigenvalue weighted by molar-refractivity contribution is 6.35. The highest BCUT2D eigenvalue weighted by Gasteiger charge is 2.45. The SMILES string of the molecule is CC(=O)OC(C(Cc1ccc(Cl)cc1Cl)n1cncn1)C1(C)COCOC1. The van der Waals surface area contributed by atoms with Crippen LogP contribution in [-0.2, 0) is 25.4 Å². The van der Waals surface area contributed by atoms with E-state index in [1.807, 2.05) is 13.0 Å². The second kappa shape index (κ2) is 8.56. The zero-order chi connectivity index (χ0) is 19.4. The summed E-state index contributed by atoms with van der Waals surface area (Å²) < 4.78 is 18.4. The number of hydrogen-bond acceptors (Lipinski definition) is 6. The van der Waals surface area contributed by atoms with E-state index in [0.29, 0.717) is 29.7 Å². The van der Waals surface area contributed by atoms with Gasteiger partial charge in [0, 0.05) is 23.4 Å². The van der Waals surface area contributed by atoms with Crippen LogP contribution in [0.3, 0.4) is 0 Å². The van der Waals surface area contributed by atoms with Gasteiger partial charge in [-0.2, -0.15) is 5.10 Å². The van der Waals surface area contributed by atoms with Gasteiger partial charge in [-0.3, -0.25) is 4.79 Å². The normalized spacial score (nSPS) is 18.7. The minimum Gasteiger partial charge on any atom is -0.459 e. The molecule has 2 atom stereocenters. The lowest BCUT2D eigenvalue weighted by Crippen LogP contribution is -2.50. The van der Waals surface area contributed by atoms with Gasteiger partial charge >= 0.3 is 5.97 Å². The van der Waals surface area contributed by atoms with Crippen LogP contribution in [0.4, 0.5) is 0 Å². The van der Waals surface area contributed by atoms with Crippen molar-refractivity contribution in [2.45, 2.75) is 32.4 Å². The van der Waals surface area contributed by atoms with Gasteiger partial charge in [0.2, 0.25) is 0 Å². The third kappa shape index (κ3) is 4.79. The van der Waals surface area contributed by atoms with Gasteiger partial charge in [0.1, 0.15) is 25.6 Å². The van der Waals surface area contributed by atoms with E-state index >= 15 is 0 Å². The zero-order valence-corrected chi connectivity index (χ0v) is 16.6. The van der Waals surface area contributed by atoms with E-state index in [1.54, 1.807) is 23.1 Å². The predicted octanol–water partition coefficient (Wildman–Crippen LogP) is 3.31. The number of benzene rings is 1. The summed E-state index contributed by atoms with van der Waals surface area (Å²) in [6.07, 6.45) is 2.94. The Morgan fingerprint density at radius 2 is 2.11 bits per heavy atom. The van der Waals surface area contributed by atoms with Crippen molar-refractivity contribution in [3.63, 3.8) is 0 Å². The maximum absolute atomic E-state index is 11.9. The molecule has 9 heteroatoms. The van der Waals surface area contributed by atoms with Crippen LogP contribution in [0.5, 0.6) is 0 Å². The van der Waals surface area contributed by atoms with Gasteiger partial charge < -0.3 is 14.2 Å². The number of carbonyl (C=O) groups is 1. The topological polar surface area (TPSA) is 75.5 Å². The molecule has 0 N–H and O–H groups in total. The smallest absolute Gasteiger partial charge is 0.303 e. The number of ether oxygens (including phenoxy) is 3. The molecule has 1 aliphatic heterocycles. The van der Waals surface area contributed by atoms with Gasteiger partial charge in [0.25, 0.3) is 0 Å². The van der Waals surface area contributed by atoms with Gasteiger partial charge in [0.15, 0.2) is 0 Å². The highest BCUT2D eigenvalue weighted by Crippen LogP contribution is 2.37. The van der Waals surface area contributed by atoms with Gasteiger partial charge in [-0.1, -0.05) is 36.2 Å². The fourth-order valence-corrected chi connectivity index (χ4v) is 3.80. The standard InChI is InChI=1S/C18H21Cl2N3O4/c1-12(24)27-17(18(2)7-25-11-26-8-18)16(23-10-21-9-22-23)5-13-3-4-14(19)6-15(13)20/h3-4,6,9-10,16-17H,5,7-8,11H2,1-2H3. The number of halogens is 2. The van der Waals surface area contributed by atoms with Crippen molar-refractivity contribution in [1.29, 1.82) is 0 Å². The van der Waals surface area contributed by atoms with Crippen LogP contribution < -0.4 is 0 Å². The second-order valence-corrected chi connectivity index (χ2v) is 7.73. The minimum absolute atomic E-state index is 0.222. The number of aromatic nitrogens is 3. The Kier molecular flexibility index (Phi) is 6.37. The van der Waals surface area contributed by atoms with Crippen LogP contribution >= 0.6 is 23.2 Å². The molecule has 3 rings (SSSR count). The fraction of sp³-hybridized carbons (Fsp3) is 0.500. The molecule has 0 amide bonds. The van der Waals surface area contributed by atoms with Crippen molar-refractivity contribution >= 4 is 29.2 Å². The molecule has 1 aromatic carbocycles. The summed E-state index contributed by atoms with van der Waals surface area (Å²) in [5.74, 6) is -0.390. The van der Waals surface area contributed by atoms with Gasteiger partial charge in [-0.15, -0.1) is 0 Å². The van der Waals surface area contributed by atoms with Crippen LogP contribution in [-0.4, -0.2) is 46.8 Å². The fourth-order valence-electron chi connectivity index (χ4n) is 3.32. The van der Waals surface area contributed by atoms with Crippen LogP contribution in [0.2, 0.25) is 10.0 Å². The Labute approximate surface area is 167 Å². The van der Waals surface area contributed by atoms with E-state index in [4.69, 9.17) is 37.4 Å². The third-order valence-corrected chi connectivity index (χ3v) is 5.17. The average Bonchev–Trinajstić information content (AvgIpc) is 3.14. The molecule has 7 nitrogen and oxygen atoms in total. The lowest BCUT2D eigenvalue weighted by molar-refractivity contribution is -0.208. The summed E-state index contributed by atoms with van der Waals surface area (Å²) in [6, 6.07) is 4.96. The average molecular weight is 414 g/mol. The summed E-state index contributed by atoms with van der Waals surface area (Å²) in [5.41, 5.74) is 0.305. The molecule has 0 spiro atoms. The van der Waals surface area contributed by atoms with Crippen LogP contribution in [0, 0.1) is 5.41 Å². The lowest BCUT2D eigenvalue weighted by atomic mass is 9.79. The number of nitrogens with zero attached hydrogens (tertiary/aromatic N) is 3. The summed E-state index contributed by atoms with van der Waals surface area (Å²) in [6.45, 7) is 4.36. The molecule has 0 aliphatic carbocycles.